The molecule has 0 saturated heterocycles. The Labute approximate surface area is 185 Å². The van der Waals surface area contributed by atoms with Crippen molar-refractivity contribution in [1.29, 1.82) is 0 Å². The molecule has 0 unspecified atom stereocenters. The van der Waals surface area contributed by atoms with Gasteiger partial charge in [0, 0.05) is 21.8 Å². The van der Waals surface area contributed by atoms with E-state index in [1.165, 1.54) is 30.1 Å². The summed E-state index contributed by atoms with van der Waals surface area (Å²) >= 11 is 7.35. The number of nitrogens with one attached hydrogen (secondary N) is 2. The van der Waals surface area contributed by atoms with Gasteiger partial charge in [-0.1, -0.05) is 18.5 Å². The predicted molar refractivity (Wildman–Crippen MR) is 122 cm³/mol. The first kappa shape index (κ1) is 22.1. The number of hydrogen-bond donors (Lipinski definition) is 2. The van der Waals surface area contributed by atoms with Crippen molar-refractivity contribution < 1.29 is 13.2 Å². The second-order valence-electron chi connectivity index (χ2n) is 6.33. The Morgan fingerprint density at radius 2 is 1.77 bits per heavy atom. The van der Waals surface area contributed by atoms with Gasteiger partial charge in [-0.2, -0.15) is 0 Å². The first-order valence-corrected chi connectivity index (χ1v) is 11.9. The maximum absolute atomic E-state index is 12.6. The number of pyridine rings is 1. The Morgan fingerprint density at radius 1 is 1.07 bits per heavy atom. The summed E-state index contributed by atoms with van der Waals surface area (Å²) in [6.07, 6.45) is 3.63. The van der Waals surface area contributed by atoms with Crippen molar-refractivity contribution in [3.63, 3.8) is 0 Å². The van der Waals surface area contributed by atoms with Crippen LogP contribution < -0.4 is 10.0 Å². The molecule has 0 aliphatic heterocycles. The van der Waals surface area contributed by atoms with E-state index in [9.17, 15) is 13.2 Å². The Morgan fingerprint density at radius 3 is 2.37 bits per heavy atom. The lowest BCUT2D eigenvalue weighted by Gasteiger charge is -2.15. The lowest BCUT2D eigenvalue weighted by Crippen LogP contribution is -2.24. The number of aromatic nitrogens is 1. The summed E-state index contributed by atoms with van der Waals surface area (Å²) in [7, 11) is -3.74. The molecule has 0 fully saturated rings. The zero-order valence-corrected chi connectivity index (χ0v) is 18.5. The first-order valence-electron chi connectivity index (χ1n) is 9.13. The number of carbonyl (C=O) groups is 1. The lowest BCUT2D eigenvalue weighted by molar-refractivity contribution is -0.115. The van der Waals surface area contributed by atoms with Gasteiger partial charge in [0.2, 0.25) is 5.91 Å². The highest BCUT2D eigenvalue weighted by molar-refractivity contribution is 8.00. The van der Waals surface area contributed by atoms with Crippen LogP contribution in [0.3, 0.4) is 0 Å². The van der Waals surface area contributed by atoms with Crippen molar-refractivity contribution in [2.45, 2.75) is 28.4 Å². The van der Waals surface area contributed by atoms with E-state index in [1.54, 1.807) is 42.6 Å². The minimum Gasteiger partial charge on any atom is -0.325 e. The highest BCUT2D eigenvalue weighted by Crippen LogP contribution is 2.28. The SMILES string of the molecule is CC[C@H](Sc1ccc(Cl)cc1)C(=O)Nc1ccc(S(=O)(=O)Nc2cccnc2)cc1. The van der Waals surface area contributed by atoms with Crippen LogP contribution in [0.25, 0.3) is 0 Å². The molecule has 0 bridgehead atoms. The normalized spacial score (nSPS) is 12.2. The Kier molecular flexibility index (Phi) is 7.36. The number of benzene rings is 2. The minimum atomic E-state index is -3.74. The molecule has 1 atom stereocenters. The highest BCUT2D eigenvalue weighted by atomic mass is 35.5. The molecule has 156 valence electrons. The molecule has 1 aromatic heterocycles. The first-order chi connectivity index (χ1) is 14.4. The van der Waals surface area contributed by atoms with E-state index in [1.807, 2.05) is 19.1 Å². The van der Waals surface area contributed by atoms with E-state index >= 15 is 0 Å². The zero-order chi connectivity index (χ0) is 21.6. The van der Waals surface area contributed by atoms with E-state index < -0.39 is 10.0 Å². The summed E-state index contributed by atoms with van der Waals surface area (Å²) in [5, 5.41) is 3.20. The molecule has 1 heterocycles. The van der Waals surface area contributed by atoms with E-state index in [0.29, 0.717) is 22.8 Å². The van der Waals surface area contributed by atoms with Crippen molar-refractivity contribution in [3.8, 4) is 0 Å². The van der Waals surface area contributed by atoms with Gasteiger partial charge in [0.05, 0.1) is 22.0 Å². The van der Waals surface area contributed by atoms with Gasteiger partial charge >= 0.3 is 0 Å². The van der Waals surface area contributed by atoms with Crippen molar-refractivity contribution in [2.75, 3.05) is 10.0 Å². The van der Waals surface area contributed by atoms with Crippen LogP contribution in [0.1, 0.15) is 13.3 Å². The smallest absolute Gasteiger partial charge is 0.261 e. The van der Waals surface area contributed by atoms with E-state index in [4.69, 9.17) is 11.6 Å². The fourth-order valence-electron chi connectivity index (χ4n) is 2.58. The second kappa shape index (κ2) is 9.97. The molecule has 2 N–H and O–H groups in total. The standard InChI is InChI=1S/C21H20ClN3O3S2/c1-2-20(29-18-9-5-15(22)6-10-18)21(26)24-16-7-11-19(12-8-16)30(27,28)25-17-4-3-13-23-14-17/h3-14,20,25H,2H2,1H3,(H,24,26)/t20-/m0/s1. The van der Waals surface area contributed by atoms with Crippen LogP contribution in [0.2, 0.25) is 5.02 Å². The number of amides is 1. The van der Waals surface area contributed by atoms with Crippen LogP contribution in [-0.4, -0.2) is 24.6 Å². The average molecular weight is 462 g/mol. The fourth-order valence-corrected chi connectivity index (χ4v) is 4.70. The van der Waals surface area contributed by atoms with Crippen LogP contribution in [0.4, 0.5) is 11.4 Å². The topological polar surface area (TPSA) is 88.2 Å². The molecule has 1 amide bonds. The number of sulfonamides is 1. The molecule has 6 nitrogen and oxygen atoms in total. The van der Waals surface area contributed by atoms with Gasteiger partial charge in [0.15, 0.2) is 0 Å². The molecule has 0 spiro atoms. The largest absolute Gasteiger partial charge is 0.325 e. The molecular formula is C21H20ClN3O3S2. The third-order valence-corrected chi connectivity index (χ3v) is 7.13. The number of rotatable bonds is 8. The second-order valence-corrected chi connectivity index (χ2v) is 9.72. The Bertz CT molecular complexity index is 1090. The van der Waals surface area contributed by atoms with Crippen molar-refractivity contribution in [2.24, 2.45) is 0 Å². The van der Waals surface area contributed by atoms with Gasteiger partial charge in [0.1, 0.15) is 0 Å². The molecule has 0 aliphatic carbocycles. The number of hydrogen-bond acceptors (Lipinski definition) is 5. The quantitative estimate of drug-likeness (QED) is 0.458. The highest BCUT2D eigenvalue weighted by Gasteiger charge is 2.19. The van der Waals surface area contributed by atoms with E-state index in [-0.39, 0.29) is 16.1 Å². The summed E-state index contributed by atoms with van der Waals surface area (Å²) in [6, 6.07) is 16.6. The predicted octanol–water partition coefficient (Wildman–Crippen LogP) is 5.05. The number of nitrogens with zero attached hydrogens (tertiary/aromatic N) is 1. The third kappa shape index (κ3) is 5.98. The van der Waals surface area contributed by atoms with Gasteiger partial charge in [-0.25, -0.2) is 8.42 Å². The third-order valence-electron chi connectivity index (χ3n) is 4.10. The molecule has 3 rings (SSSR count). The van der Waals surface area contributed by atoms with Crippen LogP contribution in [0, 0.1) is 0 Å². The maximum Gasteiger partial charge on any atom is 0.261 e. The van der Waals surface area contributed by atoms with Gasteiger partial charge in [0.25, 0.3) is 10.0 Å². The van der Waals surface area contributed by atoms with Gasteiger partial charge in [-0.3, -0.25) is 14.5 Å². The number of anilines is 2. The number of halogens is 1. The van der Waals surface area contributed by atoms with E-state index in [0.717, 1.165) is 4.90 Å². The summed E-state index contributed by atoms with van der Waals surface area (Å²) < 4.78 is 27.4. The zero-order valence-electron chi connectivity index (χ0n) is 16.1. The van der Waals surface area contributed by atoms with E-state index in [2.05, 4.69) is 15.0 Å². The molecule has 0 radical (unpaired) electrons. The molecule has 30 heavy (non-hydrogen) atoms. The molecule has 9 heteroatoms. The van der Waals surface area contributed by atoms with Crippen LogP contribution in [0.5, 0.6) is 0 Å². The van der Waals surface area contributed by atoms with Crippen LogP contribution in [-0.2, 0) is 14.8 Å². The molecular weight excluding hydrogens is 442 g/mol. The summed E-state index contributed by atoms with van der Waals surface area (Å²) in [6.45, 7) is 1.94. The maximum atomic E-state index is 12.6. The fraction of sp³-hybridized carbons (Fsp3) is 0.143. The van der Waals surface area contributed by atoms with Crippen LogP contribution in [0.15, 0.2) is 82.8 Å². The minimum absolute atomic E-state index is 0.0898. The van der Waals surface area contributed by atoms with Crippen LogP contribution >= 0.6 is 23.4 Å². The summed E-state index contributed by atoms with van der Waals surface area (Å²) in [4.78, 5) is 17.6. The molecule has 2 aromatic carbocycles. The molecule has 0 saturated carbocycles. The monoisotopic (exact) mass is 461 g/mol. The number of carbonyl (C=O) groups excluding carboxylic acids is 1. The van der Waals surface area contributed by atoms with Gasteiger partial charge < -0.3 is 5.32 Å². The summed E-state index contributed by atoms with van der Waals surface area (Å²) in [5.74, 6) is -0.151. The lowest BCUT2D eigenvalue weighted by atomic mass is 10.3. The van der Waals surface area contributed by atoms with Crippen molar-refractivity contribution in [3.05, 3.63) is 78.1 Å². The summed E-state index contributed by atoms with van der Waals surface area (Å²) in [5.41, 5.74) is 0.898. The molecule has 0 aliphatic rings. The van der Waals surface area contributed by atoms with Gasteiger partial charge in [-0.05, 0) is 67.1 Å². The van der Waals surface area contributed by atoms with Crippen molar-refractivity contribution in [1.82, 2.24) is 4.98 Å². The van der Waals surface area contributed by atoms with Gasteiger partial charge in [-0.15, -0.1) is 11.8 Å². The average Bonchev–Trinajstić information content (AvgIpc) is 2.74. The molecule has 3 aromatic rings. The van der Waals surface area contributed by atoms with Crippen molar-refractivity contribution >= 4 is 50.7 Å². The number of thioether (sulfide) groups is 1. The Hall–Kier alpha value is -2.55. The Balaban J connectivity index is 1.65.